The molecule has 1 unspecified atom stereocenters. The summed E-state index contributed by atoms with van der Waals surface area (Å²) in [7, 11) is 0. The number of hydrogen-bond donors (Lipinski definition) is 1. The fourth-order valence-corrected chi connectivity index (χ4v) is 2.36. The predicted molar refractivity (Wildman–Crippen MR) is 61.4 cm³/mol. The summed E-state index contributed by atoms with van der Waals surface area (Å²) in [4.78, 5) is 0. The van der Waals surface area contributed by atoms with Gasteiger partial charge in [0.05, 0.1) is 13.2 Å². The smallest absolute Gasteiger partial charge is 0.124 e. The molecule has 1 saturated heterocycles. The Morgan fingerprint density at radius 2 is 2.38 bits per heavy atom. The Morgan fingerprint density at radius 3 is 3.25 bits per heavy atom. The van der Waals surface area contributed by atoms with Crippen LogP contribution in [0.4, 0.5) is 0 Å². The number of nitrogens with one attached hydrogen (secondary N) is 1. The maximum Gasteiger partial charge on any atom is 0.124 e. The lowest BCUT2D eigenvalue weighted by atomic mass is 10.1. The minimum absolute atomic E-state index is 0.574. The number of ether oxygens (including phenoxy) is 2. The molecule has 16 heavy (non-hydrogen) atoms. The summed E-state index contributed by atoms with van der Waals surface area (Å²) in [6.45, 7) is 4.44. The van der Waals surface area contributed by atoms with Crippen LogP contribution in [0.1, 0.15) is 17.5 Å². The molecular formula is C13H17NO2. The van der Waals surface area contributed by atoms with Gasteiger partial charge in [-0.3, -0.25) is 0 Å². The zero-order chi connectivity index (χ0) is 10.8. The molecule has 0 aromatic heterocycles. The third-order valence-corrected chi connectivity index (χ3v) is 3.35. The van der Waals surface area contributed by atoms with Gasteiger partial charge in [0.1, 0.15) is 5.75 Å². The molecule has 1 fully saturated rings. The highest BCUT2D eigenvalue weighted by atomic mass is 16.5. The molecule has 0 amide bonds. The van der Waals surface area contributed by atoms with Gasteiger partial charge >= 0.3 is 0 Å². The molecule has 1 N–H and O–H groups in total. The monoisotopic (exact) mass is 219 g/mol. The van der Waals surface area contributed by atoms with E-state index in [-0.39, 0.29) is 0 Å². The van der Waals surface area contributed by atoms with E-state index >= 15 is 0 Å². The van der Waals surface area contributed by atoms with Crippen LogP contribution in [-0.4, -0.2) is 19.8 Å². The van der Waals surface area contributed by atoms with Crippen molar-refractivity contribution in [1.29, 1.82) is 0 Å². The van der Waals surface area contributed by atoms with Crippen molar-refractivity contribution in [3.8, 4) is 5.75 Å². The van der Waals surface area contributed by atoms with Gasteiger partial charge < -0.3 is 14.8 Å². The SMILES string of the molecule is c1cc2c(c(OCC3CCOC3)c1)CNC2. The van der Waals surface area contributed by atoms with E-state index in [0.717, 1.165) is 45.1 Å². The molecule has 86 valence electrons. The summed E-state index contributed by atoms with van der Waals surface area (Å²) < 4.78 is 11.3. The maximum atomic E-state index is 5.91. The molecule has 3 heteroatoms. The van der Waals surface area contributed by atoms with E-state index < -0.39 is 0 Å². The van der Waals surface area contributed by atoms with E-state index in [4.69, 9.17) is 9.47 Å². The third-order valence-electron chi connectivity index (χ3n) is 3.35. The molecule has 0 aliphatic carbocycles. The van der Waals surface area contributed by atoms with Gasteiger partial charge in [0.2, 0.25) is 0 Å². The molecule has 2 aliphatic rings. The lowest BCUT2D eigenvalue weighted by Gasteiger charge is -2.13. The van der Waals surface area contributed by atoms with Crippen LogP contribution in [0.2, 0.25) is 0 Å². The normalized spacial score (nSPS) is 23.4. The topological polar surface area (TPSA) is 30.5 Å². The van der Waals surface area contributed by atoms with Crippen LogP contribution < -0.4 is 10.1 Å². The Morgan fingerprint density at radius 1 is 1.38 bits per heavy atom. The van der Waals surface area contributed by atoms with Crippen LogP contribution in [0.25, 0.3) is 0 Å². The second kappa shape index (κ2) is 4.44. The highest BCUT2D eigenvalue weighted by Crippen LogP contribution is 2.27. The lowest BCUT2D eigenvalue weighted by molar-refractivity contribution is 0.167. The Bertz CT molecular complexity index is 372. The fraction of sp³-hybridized carbons (Fsp3) is 0.538. The van der Waals surface area contributed by atoms with Gasteiger partial charge in [-0.15, -0.1) is 0 Å². The molecule has 1 atom stereocenters. The van der Waals surface area contributed by atoms with Crippen LogP contribution in [0.5, 0.6) is 5.75 Å². The van der Waals surface area contributed by atoms with Crippen molar-refractivity contribution >= 4 is 0 Å². The van der Waals surface area contributed by atoms with Gasteiger partial charge in [-0.25, -0.2) is 0 Å². The van der Waals surface area contributed by atoms with E-state index in [9.17, 15) is 0 Å². The van der Waals surface area contributed by atoms with E-state index in [2.05, 4.69) is 23.5 Å². The first-order valence-electron chi connectivity index (χ1n) is 5.95. The summed E-state index contributed by atoms with van der Waals surface area (Å²) in [5, 5.41) is 3.35. The highest BCUT2D eigenvalue weighted by Gasteiger charge is 2.19. The maximum absolute atomic E-state index is 5.91. The molecule has 0 spiro atoms. The van der Waals surface area contributed by atoms with E-state index in [0.29, 0.717) is 5.92 Å². The van der Waals surface area contributed by atoms with Crippen molar-refractivity contribution in [3.63, 3.8) is 0 Å². The average Bonchev–Trinajstić information content (AvgIpc) is 2.97. The van der Waals surface area contributed by atoms with Gasteiger partial charge in [-0.05, 0) is 18.1 Å². The van der Waals surface area contributed by atoms with Crippen molar-refractivity contribution in [2.45, 2.75) is 19.5 Å². The number of fused-ring (bicyclic) bond motifs is 1. The van der Waals surface area contributed by atoms with Crippen LogP contribution in [0, 0.1) is 5.92 Å². The first-order valence-corrected chi connectivity index (χ1v) is 5.95. The average molecular weight is 219 g/mol. The molecule has 0 bridgehead atoms. The molecule has 1 aromatic carbocycles. The van der Waals surface area contributed by atoms with Crippen molar-refractivity contribution in [1.82, 2.24) is 5.32 Å². The Kier molecular flexibility index (Phi) is 2.80. The summed E-state index contributed by atoms with van der Waals surface area (Å²) in [6, 6.07) is 6.31. The summed E-state index contributed by atoms with van der Waals surface area (Å²) >= 11 is 0. The van der Waals surface area contributed by atoms with Gasteiger partial charge in [0.25, 0.3) is 0 Å². The van der Waals surface area contributed by atoms with Gasteiger partial charge in [-0.2, -0.15) is 0 Å². The third kappa shape index (κ3) is 1.93. The standard InChI is InChI=1S/C13H17NO2/c1-2-11-6-14-7-12(11)13(3-1)16-9-10-4-5-15-8-10/h1-3,10,14H,4-9H2. The van der Waals surface area contributed by atoms with Crippen molar-refractivity contribution < 1.29 is 9.47 Å². The van der Waals surface area contributed by atoms with E-state index in [1.807, 2.05) is 0 Å². The largest absolute Gasteiger partial charge is 0.493 e. The van der Waals surface area contributed by atoms with E-state index in [1.165, 1.54) is 11.1 Å². The van der Waals surface area contributed by atoms with Crippen LogP contribution in [0.3, 0.4) is 0 Å². The summed E-state index contributed by atoms with van der Waals surface area (Å²) in [5.74, 6) is 1.62. The van der Waals surface area contributed by atoms with Crippen molar-refractivity contribution in [3.05, 3.63) is 29.3 Å². The molecule has 3 rings (SSSR count). The minimum atomic E-state index is 0.574. The molecule has 2 heterocycles. The van der Waals surface area contributed by atoms with Gasteiger partial charge in [0.15, 0.2) is 0 Å². The minimum Gasteiger partial charge on any atom is -0.493 e. The van der Waals surface area contributed by atoms with Crippen molar-refractivity contribution in [2.75, 3.05) is 19.8 Å². The van der Waals surface area contributed by atoms with Gasteiger partial charge in [-0.1, -0.05) is 12.1 Å². The first kappa shape index (κ1) is 10.1. The second-order valence-electron chi connectivity index (χ2n) is 4.54. The van der Waals surface area contributed by atoms with E-state index in [1.54, 1.807) is 0 Å². The highest BCUT2D eigenvalue weighted by molar-refractivity contribution is 5.42. The Hall–Kier alpha value is -1.06. The number of hydrogen-bond acceptors (Lipinski definition) is 3. The zero-order valence-electron chi connectivity index (χ0n) is 9.37. The van der Waals surface area contributed by atoms with Gasteiger partial charge in [0, 0.05) is 31.2 Å². The molecular weight excluding hydrogens is 202 g/mol. The van der Waals surface area contributed by atoms with Crippen molar-refractivity contribution in [2.24, 2.45) is 5.92 Å². The fourth-order valence-electron chi connectivity index (χ4n) is 2.36. The summed E-state index contributed by atoms with van der Waals surface area (Å²) in [5.41, 5.74) is 2.71. The lowest BCUT2D eigenvalue weighted by Crippen LogP contribution is -2.12. The Labute approximate surface area is 95.8 Å². The van der Waals surface area contributed by atoms with Crippen LogP contribution in [-0.2, 0) is 17.8 Å². The molecule has 1 aromatic rings. The molecule has 0 saturated carbocycles. The summed E-state index contributed by atoms with van der Waals surface area (Å²) in [6.07, 6.45) is 1.13. The number of rotatable bonds is 3. The van der Waals surface area contributed by atoms with Crippen LogP contribution in [0.15, 0.2) is 18.2 Å². The molecule has 0 radical (unpaired) electrons. The zero-order valence-corrected chi connectivity index (χ0v) is 9.37. The first-order chi connectivity index (χ1) is 7.93. The number of benzene rings is 1. The Balaban J connectivity index is 1.67. The quantitative estimate of drug-likeness (QED) is 0.839. The molecule has 3 nitrogen and oxygen atoms in total. The van der Waals surface area contributed by atoms with Crippen LogP contribution >= 0.6 is 0 Å². The molecule has 2 aliphatic heterocycles. The second-order valence-corrected chi connectivity index (χ2v) is 4.54. The predicted octanol–water partition coefficient (Wildman–Crippen LogP) is 1.71.